The summed E-state index contributed by atoms with van der Waals surface area (Å²) in [5.74, 6) is -1.77. The topological polar surface area (TPSA) is 57.7 Å². The summed E-state index contributed by atoms with van der Waals surface area (Å²) in [4.78, 5) is 13.7. The van der Waals surface area contributed by atoms with Crippen LogP contribution in [-0.4, -0.2) is 49.7 Å². The van der Waals surface area contributed by atoms with Crippen molar-refractivity contribution < 1.29 is 22.0 Å². The first-order valence-electron chi connectivity index (χ1n) is 8.63. The second kappa shape index (κ2) is 7.37. The Morgan fingerprint density at radius 1 is 1.00 bits per heavy atom. The summed E-state index contributed by atoms with van der Waals surface area (Å²) in [7, 11) is -4.03. The van der Waals surface area contributed by atoms with Crippen molar-refractivity contribution in [2.24, 2.45) is 5.92 Å². The Bertz CT molecular complexity index is 740. The monoisotopic (exact) mass is 372 g/mol. The normalized spacial score (nSPS) is 20.6. The van der Waals surface area contributed by atoms with Crippen LogP contribution in [0.2, 0.25) is 0 Å². The van der Waals surface area contributed by atoms with Gasteiger partial charge in [0.05, 0.1) is 0 Å². The van der Waals surface area contributed by atoms with Crippen molar-refractivity contribution in [1.29, 1.82) is 0 Å². The molecule has 1 aromatic carbocycles. The van der Waals surface area contributed by atoms with Crippen molar-refractivity contribution >= 4 is 15.9 Å². The van der Waals surface area contributed by atoms with Gasteiger partial charge in [0.15, 0.2) is 0 Å². The zero-order valence-electron chi connectivity index (χ0n) is 14.0. The Kier molecular flexibility index (Phi) is 5.38. The van der Waals surface area contributed by atoms with Gasteiger partial charge < -0.3 is 4.90 Å². The highest BCUT2D eigenvalue weighted by Gasteiger charge is 2.34. The van der Waals surface area contributed by atoms with E-state index in [1.165, 1.54) is 6.42 Å². The molecule has 0 radical (unpaired) electrons. The van der Waals surface area contributed by atoms with Crippen LogP contribution in [0.25, 0.3) is 0 Å². The summed E-state index contributed by atoms with van der Waals surface area (Å²) >= 11 is 0. The molecular weight excluding hydrogens is 350 g/mol. The molecule has 5 nitrogen and oxygen atoms in total. The number of nitrogens with zero attached hydrogens (tertiary/aromatic N) is 2. The molecule has 1 saturated carbocycles. The van der Waals surface area contributed by atoms with E-state index < -0.39 is 26.6 Å². The van der Waals surface area contributed by atoms with E-state index in [9.17, 15) is 22.0 Å². The molecule has 1 aliphatic heterocycles. The quantitative estimate of drug-likeness (QED) is 0.819. The largest absolute Gasteiger partial charge is 0.340 e. The van der Waals surface area contributed by atoms with E-state index in [-0.39, 0.29) is 24.9 Å². The number of carbonyl (C=O) groups excluding carboxylic acids is 1. The molecule has 1 aliphatic carbocycles. The molecule has 8 heteroatoms. The van der Waals surface area contributed by atoms with E-state index in [0.29, 0.717) is 19.2 Å². The van der Waals surface area contributed by atoms with Gasteiger partial charge in [-0.3, -0.25) is 4.79 Å². The number of benzene rings is 1. The lowest BCUT2D eigenvalue weighted by molar-refractivity contribution is -0.137. The minimum atomic E-state index is -4.03. The third-order valence-electron chi connectivity index (χ3n) is 5.02. The van der Waals surface area contributed by atoms with E-state index >= 15 is 0 Å². The first-order valence-corrected chi connectivity index (χ1v) is 10.1. The number of hydrogen-bond acceptors (Lipinski definition) is 3. The van der Waals surface area contributed by atoms with E-state index in [2.05, 4.69) is 0 Å². The summed E-state index contributed by atoms with van der Waals surface area (Å²) in [5.41, 5.74) is 0. The van der Waals surface area contributed by atoms with Gasteiger partial charge in [0.1, 0.15) is 16.5 Å². The molecule has 138 valence electrons. The molecule has 1 saturated heterocycles. The zero-order valence-corrected chi connectivity index (χ0v) is 14.8. The van der Waals surface area contributed by atoms with Crippen molar-refractivity contribution in [3.63, 3.8) is 0 Å². The highest BCUT2D eigenvalue weighted by molar-refractivity contribution is 7.89. The highest BCUT2D eigenvalue weighted by Crippen LogP contribution is 2.27. The summed E-state index contributed by atoms with van der Waals surface area (Å²) in [6.45, 7) is 0.851. The average Bonchev–Trinajstić information content (AvgIpc) is 2.61. The number of halogens is 2. The summed E-state index contributed by atoms with van der Waals surface area (Å²) in [6.07, 6.45) is 5.10. The van der Waals surface area contributed by atoms with E-state index in [4.69, 9.17) is 0 Å². The van der Waals surface area contributed by atoms with Crippen LogP contribution in [0, 0.1) is 17.6 Å². The molecule has 0 aromatic heterocycles. The molecule has 0 unspecified atom stereocenters. The molecule has 0 bridgehead atoms. The van der Waals surface area contributed by atoms with Crippen molar-refractivity contribution in [2.75, 3.05) is 26.2 Å². The van der Waals surface area contributed by atoms with Gasteiger partial charge in [0.25, 0.3) is 0 Å². The molecule has 2 fully saturated rings. The predicted molar refractivity (Wildman–Crippen MR) is 88.3 cm³/mol. The average molecular weight is 372 g/mol. The van der Waals surface area contributed by atoms with Gasteiger partial charge in [-0.2, -0.15) is 4.31 Å². The molecule has 3 rings (SSSR count). The number of hydrogen-bond donors (Lipinski definition) is 0. The van der Waals surface area contributed by atoms with Gasteiger partial charge in [-0.05, 0) is 25.0 Å². The maximum absolute atomic E-state index is 13.8. The van der Waals surface area contributed by atoms with Gasteiger partial charge in [0, 0.05) is 38.2 Å². The van der Waals surface area contributed by atoms with Crippen molar-refractivity contribution in [3.8, 4) is 0 Å². The molecule has 2 aliphatic rings. The molecule has 1 amide bonds. The number of sulfonamides is 1. The highest BCUT2D eigenvalue weighted by atomic mass is 32.2. The lowest BCUT2D eigenvalue weighted by atomic mass is 9.88. The fourth-order valence-electron chi connectivity index (χ4n) is 3.58. The Morgan fingerprint density at radius 3 is 2.24 bits per heavy atom. The fourth-order valence-corrected chi connectivity index (χ4v) is 5.05. The van der Waals surface area contributed by atoms with Gasteiger partial charge in [0.2, 0.25) is 15.9 Å². The third-order valence-corrected chi connectivity index (χ3v) is 6.95. The van der Waals surface area contributed by atoms with Crippen LogP contribution in [0.1, 0.15) is 32.1 Å². The van der Waals surface area contributed by atoms with Crippen molar-refractivity contribution in [3.05, 3.63) is 29.8 Å². The van der Waals surface area contributed by atoms with E-state index in [1.54, 1.807) is 4.90 Å². The van der Waals surface area contributed by atoms with Crippen LogP contribution in [-0.2, 0) is 14.8 Å². The van der Waals surface area contributed by atoms with Gasteiger partial charge in [-0.1, -0.05) is 19.3 Å². The standard InChI is InChI=1S/C17H22F2N2O3S/c18-14-6-7-16(15(19)12-14)25(23,24)21-10-8-20(9-11-21)17(22)13-4-2-1-3-5-13/h6-7,12-13H,1-5,8-11H2. The van der Waals surface area contributed by atoms with Crippen LogP contribution in [0.3, 0.4) is 0 Å². The summed E-state index contributed by atoms with van der Waals surface area (Å²) in [5, 5.41) is 0. The van der Waals surface area contributed by atoms with Crippen molar-refractivity contribution in [2.45, 2.75) is 37.0 Å². The molecule has 25 heavy (non-hydrogen) atoms. The molecule has 1 heterocycles. The second-order valence-corrected chi connectivity index (χ2v) is 8.55. The van der Waals surface area contributed by atoms with Crippen molar-refractivity contribution in [1.82, 2.24) is 9.21 Å². The Balaban J connectivity index is 1.66. The second-order valence-electron chi connectivity index (χ2n) is 6.64. The number of carbonyl (C=O) groups is 1. The maximum Gasteiger partial charge on any atom is 0.246 e. The lowest BCUT2D eigenvalue weighted by Crippen LogP contribution is -2.52. The predicted octanol–water partition coefficient (Wildman–Crippen LogP) is 2.38. The third kappa shape index (κ3) is 3.84. The number of amides is 1. The fraction of sp³-hybridized carbons (Fsp3) is 0.588. The van der Waals surface area contributed by atoms with Crippen LogP contribution in [0.5, 0.6) is 0 Å². The molecule has 0 N–H and O–H groups in total. The van der Waals surface area contributed by atoms with Gasteiger partial charge in [-0.15, -0.1) is 0 Å². The minimum Gasteiger partial charge on any atom is -0.340 e. The molecule has 0 spiro atoms. The minimum absolute atomic E-state index is 0.0476. The molecule has 0 atom stereocenters. The Hall–Kier alpha value is -1.54. The lowest BCUT2D eigenvalue weighted by Gasteiger charge is -2.36. The van der Waals surface area contributed by atoms with Crippen LogP contribution < -0.4 is 0 Å². The molecular formula is C17H22F2N2O3S. The first-order chi connectivity index (χ1) is 11.9. The van der Waals surface area contributed by atoms with E-state index in [0.717, 1.165) is 42.1 Å². The smallest absolute Gasteiger partial charge is 0.246 e. The van der Waals surface area contributed by atoms with E-state index in [1.807, 2.05) is 0 Å². The Labute approximate surface area is 146 Å². The Morgan fingerprint density at radius 2 is 1.64 bits per heavy atom. The van der Waals surface area contributed by atoms with Crippen LogP contribution in [0.4, 0.5) is 8.78 Å². The van der Waals surface area contributed by atoms with Gasteiger partial charge in [-0.25, -0.2) is 17.2 Å². The SMILES string of the molecule is O=C(C1CCCCC1)N1CCN(S(=O)(=O)c2ccc(F)cc2F)CC1. The first kappa shape index (κ1) is 18.3. The van der Waals surface area contributed by atoms with Crippen LogP contribution >= 0.6 is 0 Å². The number of rotatable bonds is 3. The summed E-state index contributed by atoms with van der Waals surface area (Å²) < 4.78 is 53.1. The number of piperazine rings is 1. The summed E-state index contributed by atoms with van der Waals surface area (Å²) in [6, 6.07) is 2.44. The molecule has 1 aromatic rings. The van der Waals surface area contributed by atoms with Crippen LogP contribution in [0.15, 0.2) is 23.1 Å². The maximum atomic E-state index is 13.8. The van der Waals surface area contributed by atoms with Gasteiger partial charge >= 0.3 is 0 Å². The zero-order chi connectivity index (χ0) is 18.0.